The maximum Gasteiger partial charge on any atom is 0.260 e. The number of anilines is 1. The Morgan fingerprint density at radius 3 is 2.72 bits per heavy atom. The number of carbonyl (C=O) groups is 1. The van der Waals surface area contributed by atoms with Crippen LogP contribution in [0.15, 0.2) is 30.3 Å². The standard InChI is InChI=1S/C24H31F3N4O/c1-24(2,3)20-13-21-28-18(12-19(23(26)27)31(21)29-20)16-8-6-10-30(14-16)22(32)11-15-7-4-5-9-17(15)25/h4-5,7,9,13,16,18-19,23,28H,6,8,10-12,14H2,1-3H3/t16?,18-,19+/m0/s1. The number of rotatable bonds is 4. The molecule has 3 atom stereocenters. The molecule has 1 fully saturated rings. The summed E-state index contributed by atoms with van der Waals surface area (Å²) in [7, 11) is 0. The lowest BCUT2D eigenvalue weighted by Crippen LogP contribution is -2.48. The molecule has 1 N–H and O–H groups in total. The number of halogens is 3. The molecule has 1 amide bonds. The molecule has 0 spiro atoms. The Hall–Kier alpha value is -2.51. The molecule has 2 aliphatic heterocycles. The van der Waals surface area contributed by atoms with Crippen molar-refractivity contribution in [2.45, 2.75) is 70.4 Å². The van der Waals surface area contributed by atoms with Gasteiger partial charge in [-0.3, -0.25) is 4.79 Å². The van der Waals surface area contributed by atoms with Crippen molar-refractivity contribution in [2.24, 2.45) is 5.92 Å². The van der Waals surface area contributed by atoms with Gasteiger partial charge in [0.1, 0.15) is 17.7 Å². The normalized spacial score (nSPS) is 23.7. The number of carbonyl (C=O) groups excluding carboxylic acids is 1. The summed E-state index contributed by atoms with van der Waals surface area (Å²) in [6.45, 7) is 7.13. The highest BCUT2D eigenvalue weighted by Gasteiger charge is 2.39. The maximum absolute atomic E-state index is 14.0. The van der Waals surface area contributed by atoms with Crippen LogP contribution in [0.1, 0.15) is 57.3 Å². The van der Waals surface area contributed by atoms with Crippen LogP contribution in [0.25, 0.3) is 0 Å². The SMILES string of the molecule is CC(C)(C)c1cc2n(n1)[C@@H](C(F)F)C[C@@H](C1CCCN(C(=O)Cc3ccccc3F)C1)N2. The highest BCUT2D eigenvalue weighted by Crippen LogP contribution is 2.38. The highest BCUT2D eigenvalue weighted by atomic mass is 19.3. The summed E-state index contributed by atoms with van der Waals surface area (Å²) in [4.78, 5) is 14.6. The molecule has 1 aromatic heterocycles. The Balaban J connectivity index is 1.49. The molecule has 0 aliphatic carbocycles. The lowest BCUT2D eigenvalue weighted by atomic mass is 9.85. The van der Waals surface area contributed by atoms with E-state index in [4.69, 9.17) is 0 Å². The minimum Gasteiger partial charge on any atom is -0.367 e. The van der Waals surface area contributed by atoms with E-state index in [9.17, 15) is 18.0 Å². The van der Waals surface area contributed by atoms with Gasteiger partial charge in [-0.1, -0.05) is 39.0 Å². The molecule has 0 saturated carbocycles. The van der Waals surface area contributed by atoms with Crippen molar-refractivity contribution in [1.29, 1.82) is 0 Å². The first-order valence-electron chi connectivity index (χ1n) is 11.3. The van der Waals surface area contributed by atoms with E-state index in [2.05, 4.69) is 10.4 Å². The van der Waals surface area contributed by atoms with Gasteiger partial charge in [-0.05, 0) is 36.8 Å². The number of likely N-dealkylation sites (tertiary alicyclic amines) is 1. The van der Waals surface area contributed by atoms with Gasteiger partial charge in [-0.2, -0.15) is 5.10 Å². The molecule has 0 bridgehead atoms. The number of alkyl halides is 2. The third-order valence-corrected chi connectivity index (χ3v) is 6.62. The molecule has 1 unspecified atom stereocenters. The predicted octanol–water partition coefficient (Wildman–Crippen LogP) is 4.79. The van der Waals surface area contributed by atoms with E-state index >= 15 is 0 Å². The van der Waals surface area contributed by atoms with Crippen LogP contribution in [0.2, 0.25) is 0 Å². The fourth-order valence-corrected chi connectivity index (χ4v) is 4.73. The van der Waals surface area contributed by atoms with Gasteiger partial charge in [0, 0.05) is 30.6 Å². The monoisotopic (exact) mass is 448 g/mol. The van der Waals surface area contributed by atoms with Crippen LogP contribution < -0.4 is 5.32 Å². The number of nitrogens with zero attached hydrogens (tertiary/aromatic N) is 3. The zero-order valence-electron chi connectivity index (χ0n) is 18.8. The third kappa shape index (κ3) is 4.64. The van der Waals surface area contributed by atoms with E-state index in [1.807, 2.05) is 26.8 Å². The number of hydrogen-bond acceptors (Lipinski definition) is 3. The van der Waals surface area contributed by atoms with E-state index in [0.29, 0.717) is 24.5 Å². The average Bonchev–Trinajstić information content (AvgIpc) is 3.19. The second-order valence-electron chi connectivity index (χ2n) is 10.0. The van der Waals surface area contributed by atoms with E-state index in [0.717, 1.165) is 18.5 Å². The van der Waals surface area contributed by atoms with Gasteiger partial charge in [0.05, 0.1) is 12.1 Å². The Labute approximate surface area is 187 Å². The smallest absolute Gasteiger partial charge is 0.260 e. The highest BCUT2D eigenvalue weighted by molar-refractivity contribution is 5.79. The molecule has 4 rings (SSSR count). The molecule has 5 nitrogen and oxygen atoms in total. The molecule has 0 radical (unpaired) electrons. The minimum atomic E-state index is -2.52. The lowest BCUT2D eigenvalue weighted by molar-refractivity contribution is -0.132. The summed E-state index contributed by atoms with van der Waals surface area (Å²) >= 11 is 0. The second kappa shape index (κ2) is 8.79. The van der Waals surface area contributed by atoms with Gasteiger partial charge in [-0.25, -0.2) is 17.9 Å². The van der Waals surface area contributed by atoms with Crippen molar-refractivity contribution in [3.05, 3.63) is 47.4 Å². The average molecular weight is 449 g/mol. The van der Waals surface area contributed by atoms with Crippen LogP contribution in [-0.2, 0) is 16.6 Å². The fraction of sp³-hybridized carbons (Fsp3) is 0.583. The summed E-state index contributed by atoms with van der Waals surface area (Å²) in [6, 6.07) is 7.00. The van der Waals surface area contributed by atoms with Crippen molar-refractivity contribution < 1.29 is 18.0 Å². The van der Waals surface area contributed by atoms with Crippen molar-refractivity contribution in [3.8, 4) is 0 Å². The summed E-state index contributed by atoms with van der Waals surface area (Å²) < 4.78 is 43.3. The quantitative estimate of drug-likeness (QED) is 0.732. The van der Waals surface area contributed by atoms with Gasteiger partial charge >= 0.3 is 0 Å². The molecule has 174 valence electrons. The summed E-state index contributed by atoms with van der Waals surface area (Å²) in [6.07, 6.45) is -0.586. The molecule has 32 heavy (non-hydrogen) atoms. The van der Waals surface area contributed by atoms with Crippen LogP contribution in [0.4, 0.5) is 19.0 Å². The first-order valence-corrected chi connectivity index (χ1v) is 11.3. The summed E-state index contributed by atoms with van der Waals surface area (Å²) in [5.74, 6) is 0.162. The Kier molecular flexibility index (Phi) is 6.23. The van der Waals surface area contributed by atoms with Crippen LogP contribution >= 0.6 is 0 Å². The van der Waals surface area contributed by atoms with Crippen molar-refractivity contribution in [2.75, 3.05) is 18.4 Å². The van der Waals surface area contributed by atoms with Gasteiger partial charge in [0.15, 0.2) is 0 Å². The fourth-order valence-electron chi connectivity index (χ4n) is 4.73. The van der Waals surface area contributed by atoms with E-state index in [-0.39, 0.29) is 41.9 Å². The topological polar surface area (TPSA) is 50.2 Å². The zero-order chi connectivity index (χ0) is 23.0. The number of benzene rings is 1. The van der Waals surface area contributed by atoms with Crippen molar-refractivity contribution >= 4 is 11.7 Å². The molecule has 8 heteroatoms. The number of nitrogens with one attached hydrogen (secondary N) is 1. The zero-order valence-corrected chi connectivity index (χ0v) is 18.8. The lowest BCUT2D eigenvalue weighted by Gasteiger charge is -2.41. The van der Waals surface area contributed by atoms with Crippen LogP contribution in [0, 0.1) is 11.7 Å². The van der Waals surface area contributed by atoms with Crippen molar-refractivity contribution in [1.82, 2.24) is 14.7 Å². The van der Waals surface area contributed by atoms with Gasteiger partial charge < -0.3 is 10.2 Å². The Bertz CT molecular complexity index is 968. The number of amides is 1. The molecular weight excluding hydrogens is 417 g/mol. The van der Waals surface area contributed by atoms with E-state index < -0.39 is 12.5 Å². The summed E-state index contributed by atoms with van der Waals surface area (Å²) in [5.41, 5.74) is 0.915. The molecule has 3 heterocycles. The molecule has 2 aromatic rings. The van der Waals surface area contributed by atoms with Crippen LogP contribution in [0.3, 0.4) is 0 Å². The molecule has 1 aromatic carbocycles. The predicted molar refractivity (Wildman–Crippen MR) is 117 cm³/mol. The Morgan fingerprint density at radius 1 is 1.28 bits per heavy atom. The maximum atomic E-state index is 14.0. The second-order valence-corrected chi connectivity index (χ2v) is 10.0. The minimum absolute atomic E-state index is 0.0128. The van der Waals surface area contributed by atoms with Crippen LogP contribution in [0.5, 0.6) is 0 Å². The molecule has 1 saturated heterocycles. The number of aromatic nitrogens is 2. The number of hydrogen-bond donors (Lipinski definition) is 1. The van der Waals surface area contributed by atoms with Gasteiger partial charge in [0.25, 0.3) is 6.43 Å². The first kappa shape index (κ1) is 22.7. The number of fused-ring (bicyclic) bond motifs is 1. The third-order valence-electron chi connectivity index (χ3n) is 6.62. The van der Waals surface area contributed by atoms with E-state index in [1.54, 1.807) is 23.1 Å². The van der Waals surface area contributed by atoms with Gasteiger partial charge in [0.2, 0.25) is 5.91 Å². The summed E-state index contributed by atoms with van der Waals surface area (Å²) in [5, 5.41) is 7.91. The van der Waals surface area contributed by atoms with E-state index in [1.165, 1.54) is 10.7 Å². The molecular formula is C24H31F3N4O. The van der Waals surface area contributed by atoms with Crippen molar-refractivity contribution in [3.63, 3.8) is 0 Å². The first-order chi connectivity index (χ1) is 15.1. The Morgan fingerprint density at radius 2 is 2.03 bits per heavy atom. The van der Waals surface area contributed by atoms with Crippen LogP contribution in [-0.4, -0.2) is 46.1 Å². The van der Waals surface area contributed by atoms with Gasteiger partial charge in [-0.15, -0.1) is 0 Å². The molecule has 2 aliphatic rings. The number of piperidine rings is 1. The largest absolute Gasteiger partial charge is 0.367 e.